The highest BCUT2D eigenvalue weighted by molar-refractivity contribution is 5.72. The first-order valence-corrected chi connectivity index (χ1v) is 3.66. The molecule has 0 saturated carbocycles. The van der Waals surface area contributed by atoms with Crippen LogP contribution in [0.1, 0.15) is 34.1 Å². The molecule has 0 rings (SSSR count). The molecule has 0 spiro atoms. The predicted molar refractivity (Wildman–Crippen MR) is 51.6 cm³/mol. The summed E-state index contributed by atoms with van der Waals surface area (Å²) >= 11 is 0. The van der Waals surface area contributed by atoms with Crippen molar-refractivity contribution in [1.82, 2.24) is 0 Å². The summed E-state index contributed by atoms with van der Waals surface area (Å²) < 4.78 is 0. The Balaban J connectivity index is -0.0000000431. The van der Waals surface area contributed by atoms with E-state index in [1.165, 1.54) is 20.8 Å². The Morgan fingerprint density at radius 2 is 1.31 bits per heavy atom. The maximum atomic E-state index is 9.44. The van der Waals surface area contributed by atoms with E-state index in [1.807, 2.05) is 13.7 Å². The number of aldehydes is 2. The number of rotatable bonds is 1. The summed E-state index contributed by atoms with van der Waals surface area (Å²) in [6.45, 7) is 8.31. The van der Waals surface area contributed by atoms with Crippen molar-refractivity contribution in [2.24, 2.45) is 0 Å². The van der Waals surface area contributed by atoms with Crippen LogP contribution < -0.4 is 0 Å². The smallest absolute Gasteiger partial charge is 0.126 e. The highest BCUT2D eigenvalue weighted by Gasteiger charge is 1.62. The molecular weight excluding hydrogens is 172 g/mol. The third-order valence-corrected chi connectivity index (χ3v) is 0.167. The first-order chi connectivity index (χ1) is 6.06. The maximum absolute atomic E-state index is 9.44. The molecule has 0 fully saturated rings. The number of ketones is 1. The van der Waals surface area contributed by atoms with E-state index < -0.39 is 0 Å². The number of carbonyl (C=O) groups is 4. The summed E-state index contributed by atoms with van der Waals surface area (Å²) in [5.41, 5.74) is 0. The van der Waals surface area contributed by atoms with Gasteiger partial charge in [0.15, 0.2) is 0 Å². The standard InChI is InChI=1S/2C3H6O.C2H4O.CH2O/c1-3(2)4;1-2-3-4;1-2-3;1-2/h1-2H3;3H,2H2,1H3;2H,1H3;1H2. The Bertz CT molecular complexity index is 106. The molecular formula is C9H18O4. The average molecular weight is 190 g/mol. The van der Waals surface area contributed by atoms with Crippen LogP contribution in [0.25, 0.3) is 0 Å². The van der Waals surface area contributed by atoms with Crippen LogP contribution in [0.2, 0.25) is 0 Å². The van der Waals surface area contributed by atoms with Crippen LogP contribution in [0, 0.1) is 0 Å². The summed E-state index contributed by atoms with van der Waals surface area (Å²) in [4.78, 5) is 35.4. The molecule has 0 saturated heterocycles. The summed E-state index contributed by atoms with van der Waals surface area (Å²) in [5.74, 6) is 0.167. The molecule has 0 bridgehead atoms. The minimum Gasteiger partial charge on any atom is -0.307 e. The Morgan fingerprint density at radius 1 is 1.23 bits per heavy atom. The van der Waals surface area contributed by atoms with Gasteiger partial charge in [0.1, 0.15) is 25.1 Å². The largest absolute Gasteiger partial charge is 0.307 e. The fraction of sp³-hybridized carbons (Fsp3) is 0.556. The molecule has 0 aromatic carbocycles. The molecule has 4 heteroatoms. The lowest BCUT2D eigenvalue weighted by atomic mass is 10.6. The molecule has 0 unspecified atom stereocenters. The molecule has 0 heterocycles. The van der Waals surface area contributed by atoms with Gasteiger partial charge in [-0.2, -0.15) is 0 Å². The van der Waals surface area contributed by atoms with Gasteiger partial charge in [0, 0.05) is 6.42 Å². The van der Waals surface area contributed by atoms with Gasteiger partial charge in [-0.05, 0) is 20.8 Å². The normalized spacial score (nSPS) is 5.23. The zero-order valence-corrected chi connectivity index (χ0v) is 8.70. The van der Waals surface area contributed by atoms with Gasteiger partial charge in [0.25, 0.3) is 0 Å². The van der Waals surface area contributed by atoms with Crippen LogP contribution in [0.5, 0.6) is 0 Å². The number of hydrogen-bond acceptors (Lipinski definition) is 4. The van der Waals surface area contributed by atoms with Crippen molar-refractivity contribution in [3.63, 3.8) is 0 Å². The highest BCUT2D eigenvalue weighted by Crippen LogP contribution is 1.53. The van der Waals surface area contributed by atoms with Crippen molar-refractivity contribution in [3.8, 4) is 0 Å². The quantitative estimate of drug-likeness (QED) is 0.583. The second-order valence-electron chi connectivity index (χ2n) is 1.72. The number of carbonyl (C=O) groups excluding carboxylic acids is 4. The van der Waals surface area contributed by atoms with Crippen molar-refractivity contribution in [2.75, 3.05) is 0 Å². The molecule has 0 amide bonds. The monoisotopic (exact) mass is 190 g/mol. The minimum atomic E-state index is 0.167. The molecule has 0 aromatic heterocycles. The summed E-state index contributed by atoms with van der Waals surface area (Å²) in [6, 6.07) is 0. The van der Waals surface area contributed by atoms with Crippen LogP contribution in [0.3, 0.4) is 0 Å². The van der Waals surface area contributed by atoms with Crippen LogP contribution in [-0.4, -0.2) is 25.1 Å². The second kappa shape index (κ2) is 45.7. The van der Waals surface area contributed by atoms with Gasteiger partial charge >= 0.3 is 0 Å². The van der Waals surface area contributed by atoms with Crippen molar-refractivity contribution in [3.05, 3.63) is 0 Å². The zero-order valence-electron chi connectivity index (χ0n) is 8.70. The maximum Gasteiger partial charge on any atom is 0.126 e. The van der Waals surface area contributed by atoms with Gasteiger partial charge in [-0.1, -0.05) is 6.92 Å². The van der Waals surface area contributed by atoms with E-state index in [2.05, 4.69) is 0 Å². The van der Waals surface area contributed by atoms with Gasteiger partial charge < -0.3 is 19.2 Å². The van der Waals surface area contributed by atoms with Crippen LogP contribution in [0.15, 0.2) is 0 Å². The predicted octanol–water partition coefficient (Wildman–Crippen LogP) is 1.21. The van der Waals surface area contributed by atoms with Gasteiger partial charge in [0.05, 0.1) is 0 Å². The Hall–Kier alpha value is -1.32. The van der Waals surface area contributed by atoms with E-state index in [9.17, 15) is 9.59 Å². The van der Waals surface area contributed by atoms with E-state index in [4.69, 9.17) is 9.59 Å². The van der Waals surface area contributed by atoms with E-state index in [0.29, 0.717) is 6.42 Å². The number of Topliss-reactive ketones (excluding diaryl/α,β-unsaturated/α-hetero) is 1. The van der Waals surface area contributed by atoms with Crippen LogP contribution in [0.4, 0.5) is 0 Å². The average Bonchev–Trinajstić information content (AvgIpc) is 2.08. The van der Waals surface area contributed by atoms with Crippen molar-refractivity contribution >= 4 is 25.1 Å². The van der Waals surface area contributed by atoms with E-state index in [1.54, 1.807) is 0 Å². The van der Waals surface area contributed by atoms with E-state index in [-0.39, 0.29) is 5.78 Å². The van der Waals surface area contributed by atoms with E-state index in [0.717, 1.165) is 12.6 Å². The molecule has 0 N–H and O–H groups in total. The summed E-state index contributed by atoms with van der Waals surface area (Å²) in [7, 11) is 0. The first kappa shape index (κ1) is 22.6. The molecule has 78 valence electrons. The molecule has 0 aliphatic carbocycles. The van der Waals surface area contributed by atoms with Crippen molar-refractivity contribution in [1.29, 1.82) is 0 Å². The highest BCUT2D eigenvalue weighted by atomic mass is 16.1. The molecule has 13 heavy (non-hydrogen) atoms. The Labute approximate surface area is 79.3 Å². The topological polar surface area (TPSA) is 68.3 Å². The number of hydrogen-bond donors (Lipinski definition) is 0. The van der Waals surface area contributed by atoms with Gasteiger partial charge in [-0.3, -0.25) is 0 Å². The first-order valence-electron chi connectivity index (χ1n) is 3.66. The van der Waals surface area contributed by atoms with Crippen molar-refractivity contribution in [2.45, 2.75) is 34.1 Å². The van der Waals surface area contributed by atoms with Crippen LogP contribution in [-0.2, 0) is 19.2 Å². The van der Waals surface area contributed by atoms with Gasteiger partial charge in [-0.15, -0.1) is 0 Å². The molecule has 0 aliphatic rings. The fourth-order valence-corrected chi connectivity index (χ4v) is 0. The zero-order chi connectivity index (χ0) is 11.7. The Morgan fingerprint density at radius 3 is 1.31 bits per heavy atom. The lowest BCUT2D eigenvalue weighted by Gasteiger charge is -1.56. The lowest BCUT2D eigenvalue weighted by molar-refractivity contribution is -0.115. The van der Waals surface area contributed by atoms with Crippen molar-refractivity contribution < 1.29 is 19.2 Å². The Kier molecular flexibility index (Phi) is 79.4. The second-order valence-corrected chi connectivity index (χ2v) is 1.72. The third kappa shape index (κ3) is 7860. The SMILES string of the molecule is C=O.CC(C)=O.CC=O.CCC=O. The lowest BCUT2D eigenvalue weighted by Crippen LogP contribution is -1.69. The molecule has 4 nitrogen and oxygen atoms in total. The molecule has 0 atom stereocenters. The van der Waals surface area contributed by atoms with Crippen LogP contribution >= 0.6 is 0 Å². The molecule has 0 aromatic rings. The van der Waals surface area contributed by atoms with Gasteiger partial charge in [0.2, 0.25) is 0 Å². The molecule has 0 aliphatic heterocycles. The summed E-state index contributed by atoms with van der Waals surface area (Å²) in [5, 5.41) is 0. The van der Waals surface area contributed by atoms with E-state index >= 15 is 0 Å². The fourth-order valence-electron chi connectivity index (χ4n) is 0. The summed E-state index contributed by atoms with van der Waals surface area (Å²) in [6.07, 6.45) is 2.26. The molecule has 0 radical (unpaired) electrons. The van der Waals surface area contributed by atoms with Gasteiger partial charge in [-0.25, -0.2) is 0 Å². The third-order valence-electron chi connectivity index (χ3n) is 0.167. The minimum absolute atomic E-state index is 0.167.